The van der Waals surface area contributed by atoms with Gasteiger partial charge in [-0.05, 0) is 61.2 Å². The van der Waals surface area contributed by atoms with Gasteiger partial charge in [-0.2, -0.15) is 4.52 Å². The van der Waals surface area contributed by atoms with Crippen LogP contribution in [-0.2, 0) is 11.3 Å². The Morgan fingerprint density at radius 2 is 2.00 bits per heavy atom. The smallest absolute Gasteiger partial charge is 0.226 e. The van der Waals surface area contributed by atoms with Crippen molar-refractivity contribution in [3.8, 4) is 0 Å². The molecular formula is C20H23N5O. The van der Waals surface area contributed by atoms with E-state index >= 15 is 0 Å². The molecule has 0 aliphatic heterocycles. The van der Waals surface area contributed by atoms with E-state index in [2.05, 4.69) is 51.6 Å². The summed E-state index contributed by atoms with van der Waals surface area (Å²) in [5.74, 6) is 0.567. The van der Waals surface area contributed by atoms with Crippen LogP contribution in [0.15, 0.2) is 24.3 Å². The molecule has 0 spiro atoms. The van der Waals surface area contributed by atoms with E-state index in [0.717, 1.165) is 47.8 Å². The lowest BCUT2D eigenvalue weighted by Gasteiger charge is -2.29. The number of fused-ring (bicyclic) bond motifs is 3. The Balaban J connectivity index is 1.59. The summed E-state index contributed by atoms with van der Waals surface area (Å²) in [6.45, 7) is 2.69. The van der Waals surface area contributed by atoms with Crippen molar-refractivity contribution in [2.75, 3.05) is 0 Å². The van der Waals surface area contributed by atoms with Gasteiger partial charge in [0, 0.05) is 29.5 Å². The number of carbonyl (C=O) groups is 1. The molecule has 2 saturated carbocycles. The number of amides is 1. The Kier molecular flexibility index (Phi) is 3.65. The van der Waals surface area contributed by atoms with Crippen molar-refractivity contribution in [2.45, 2.75) is 58.0 Å². The van der Waals surface area contributed by atoms with E-state index in [4.69, 9.17) is 0 Å². The summed E-state index contributed by atoms with van der Waals surface area (Å²) in [6, 6.07) is 8.82. The van der Waals surface area contributed by atoms with Crippen LogP contribution in [0.1, 0.15) is 49.7 Å². The third-order valence-electron chi connectivity index (χ3n) is 5.81. The van der Waals surface area contributed by atoms with Gasteiger partial charge in [-0.25, -0.2) is 0 Å². The summed E-state index contributed by atoms with van der Waals surface area (Å²) in [4.78, 5) is 15.1. The van der Waals surface area contributed by atoms with Crippen LogP contribution in [-0.4, -0.2) is 36.9 Å². The average Bonchev–Trinajstić information content (AvgIpc) is 3.13. The van der Waals surface area contributed by atoms with Gasteiger partial charge >= 0.3 is 0 Å². The predicted octanol–water partition coefficient (Wildman–Crippen LogP) is 3.27. The molecule has 2 aliphatic carbocycles. The van der Waals surface area contributed by atoms with Gasteiger partial charge in [0.25, 0.3) is 0 Å². The fraction of sp³-hybridized carbons (Fsp3) is 0.500. The Bertz CT molecular complexity index is 984. The number of hydrogen-bond acceptors (Lipinski definition) is 4. The van der Waals surface area contributed by atoms with Gasteiger partial charge in [-0.3, -0.25) is 4.79 Å². The standard InChI is InChI=1S/C20H23N5O/c1-13-6-9-18-15(10-13)11-16(19-21-22-23-25(18)19)12-24(17-4-2-3-5-17)20(26)14-7-8-14/h6,9-11,14,17H,2-5,7-8,12H2,1H3. The highest BCUT2D eigenvalue weighted by atomic mass is 16.2. The topological polar surface area (TPSA) is 63.4 Å². The molecule has 0 saturated heterocycles. The van der Waals surface area contributed by atoms with Gasteiger partial charge in [0.2, 0.25) is 5.91 Å². The summed E-state index contributed by atoms with van der Waals surface area (Å²) in [6.07, 6.45) is 6.76. The van der Waals surface area contributed by atoms with Gasteiger partial charge < -0.3 is 4.90 Å². The van der Waals surface area contributed by atoms with Crippen LogP contribution in [0.3, 0.4) is 0 Å². The molecule has 0 atom stereocenters. The number of tetrazole rings is 1. The van der Waals surface area contributed by atoms with E-state index in [0.29, 0.717) is 18.5 Å². The van der Waals surface area contributed by atoms with Crippen LogP contribution in [0.2, 0.25) is 0 Å². The summed E-state index contributed by atoms with van der Waals surface area (Å²) in [5, 5.41) is 13.4. The Morgan fingerprint density at radius 1 is 1.19 bits per heavy atom. The summed E-state index contributed by atoms with van der Waals surface area (Å²) < 4.78 is 1.80. The first kappa shape index (κ1) is 15.7. The van der Waals surface area contributed by atoms with E-state index in [1.165, 1.54) is 18.4 Å². The van der Waals surface area contributed by atoms with Gasteiger partial charge in [0.05, 0.1) is 5.52 Å². The lowest BCUT2D eigenvalue weighted by atomic mass is 10.1. The van der Waals surface area contributed by atoms with Crippen LogP contribution in [0.25, 0.3) is 16.6 Å². The highest BCUT2D eigenvalue weighted by Crippen LogP contribution is 2.35. The molecule has 2 aliphatic rings. The number of carbonyl (C=O) groups excluding carboxylic acids is 1. The average molecular weight is 349 g/mol. The number of benzene rings is 1. The van der Waals surface area contributed by atoms with Crippen molar-refractivity contribution in [1.82, 2.24) is 24.9 Å². The second-order valence-corrected chi connectivity index (χ2v) is 7.82. The van der Waals surface area contributed by atoms with Crippen LogP contribution >= 0.6 is 0 Å². The third kappa shape index (κ3) is 2.64. The van der Waals surface area contributed by atoms with E-state index < -0.39 is 0 Å². The number of aryl methyl sites for hydroxylation is 1. The highest BCUT2D eigenvalue weighted by Gasteiger charge is 2.37. The Hall–Kier alpha value is -2.50. The van der Waals surface area contributed by atoms with E-state index in [-0.39, 0.29) is 5.92 Å². The molecule has 134 valence electrons. The van der Waals surface area contributed by atoms with Crippen molar-refractivity contribution in [3.63, 3.8) is 0 Å². The maximum Gasteiger partial charge on any atom is 0.226 e. The quantitative estimate of drug-likeness (QED) is 0.725. The molecule has 26 heavy (non-hydrogen) atoms. The third-order valence-corrected chi connectivity index (χ3v) is 5.81. The van der Waals surface area contributed by atoms with Crippen LogP contribution in [0.4, 0.5) is 0 Å². The van der Waals surface area contributed by atoms with Gasteiger partial charge in [0.15, 0.2) is 5.65 Å². The largest absolute Gasteiger partial charge is 0.335 e. The lowest BCUT2D eigenvalue weighted by molar-refractivity contribution is -0.135. The van der Waals surface area contributed by atoms with Crippen LogP contribution < -0.4 is 0 Å². The van der Waals surface area contributed by atoms with Crippen molar-refractivity contribution in [2.24, 2.45) is 5.92 Å². The first-order valence-corrected chi connectivity index (χ1v) is 9.61. The molecule has 3 aromatic rings. The minimum Gasteiger partial charge on any atom is -0.335 e. The number of rotatable bonds is 4. The second kappa shape index (κ2) is 6.04. The minimum atomic E-state index is 0.241. The van der Waals surface area contributed by atoms with E-state index in [1.807, 2.05) is 0 Å². The molecule has 0 bridgehead atoms. The second-order valence-electron chi connectivity index (χ2n) is 7.82. The van der Waals surface area contributed by atoms with Gasteiger partial charge in [-0.1, -0.05) is 24.5 Å². The predicted molar refractivity (Wildman–Crippen MR) is 98.6 cm³/mol. The van der Waals surface area contributed by atoms with E-state index in [1.54, 1.807) is 4.52 Å². The zero-order valence-electron chi connectivity index (χ0n) is 15.1. The molecular weight excluding hydrogens is 326 g/mol. The number of pyridine rings is 1. The maximum atomic E-state index is 13.0. The fourth-order valence-corrected chi connectivity index (χ4v) is 4.25. The fourth-order valence-electron chi connectivity index (χ4n) is 4.25. The summed E-state index contributed by atoms with van der Waals surface area (Å²) in [5.41, 5.74) is 4.00. The van der Waals surface area contributed by atoms with E-state index in [9.17, 15) is 4.79 Å². The minimum absolute atomic E-state index is 0.241. The molecule has 2 aromatic heterocycles. The zero-order chi connectivity index (χ0) is 17.7. The summed E-state index contributed by atoms with van der Waals surface area (Å²) in [7, 11) is 0. The molecule has 1 amide bonds. The first-order valence-electron chi connectivity index (χ1n) is 9.61. The van der Waals surface area contributed by atoms with Crippen molar-refractivity contribution in [3.05, 3.63) is 35.4 Å². The molecule has 2 fully saturated rings. The van der Waals surface area contributed by atoms with Gasteiger partial charge in [-0.15, -0.1) is 5.10 Å². The molecule has 5 rings (SSSR count). The van der Waals surface area contributed by atoms with Crippen LogP contribution in [0.5, 0.6) is 0 Å². The lowest BCUT2D eigenvalue weighted by Crippen LogP contribution is -2.39. The Morgan fingerprint density at radius 3 is 2.77 bits per heavy atom. The van der Waals surface area contributed by atoms with Crippen molar-refractivity contribution in [1.29, 1.82) is 0 Å². The number of nitrogens with zero attached hydrogens (tertiary/aromatic N) is 5. The van der Waals surface area contributed by atoms with Crippen molar-refractivity contribution < 1.29 is 4.79 Å². The molecule has 0 radical (unpaired) electrons. The first-order chi connectivity index (χ1) is 12.7. The molecule has 6 heteroatoms. The van der Waals surface area contributed by atoms with Gasteiger partial charge in [0.1, 0.15) is 0 Å². The maximum absolute atomic E-state index is 13.0. The zero-order valence-corrected chi connectivity index (χ0v) is 15.1. The van der Waals surface area contributed by atoms with Crippen LogP contribution in [0, 0.1) is 12.8 Å². The number of hydrogen-bond donors (Lipinski definition) is 0. The monoisotopic (exact) mass is 349 g/mol. The molecule has 1 aromatic carbocycles. The highest BCUT2D eigenvalue weighted by molar-refractivity contribution is 5.85. The molecule has 2 heterocycles. The summed E-state index contributed by atoms with van der Waals surface area (Å²) >= 11 is 0. The molecule has 0 N–H and O–H groups in total. The normalized spacial score (nSPS) is 18.0. The number of aromatic nitrogens is 4. The van der Waals surface area contributed by atoms with Crippen molar-refractivity contribution >= 4 is 22.5 Å². The molecule has 0 unspecified atom stereocenters. The SMILES string of the molecule is Cc1ccc2c(c1)cc(CN(C(=O)C1CC1)C1CCCC1)c1nnnn12. The molecule has 6 nitrogen and oxygen atoms in total. The Labute approximate surface area is 152 Å².